The van der Waals surface area contributed by atoms with E-state index in [1.165, 1.54) is 37.5 Å². The van der Waals surface area contributed by atoms with Gasteiger partial charge in [0.05, 0.1) is 47.0 Å². The highest BCUT2D eigenvalue weighted by Gasteiger charge is 2.33. The first-order valence-electron chi connectivity index (χ1n) is 21.7. The van der Waals surface area contributed by atoms with Crippen LogP contribution in [0.3, 0.4) is 0 Å². The average molecular weight is 1050 g/mol. The number of quaternary nitrogens is 2. The molecule has 72 heavy (non-hydrogen) atoms. The number of fused-ring (bicyclic) bond motifs is 1. The Morgan fingerprint density at radius 3 is 1.65 bits per heavy atom. The molecule has 0 amide bonds. The van der Waals surface area contributed by atoms with Gasteiger partial charge in [0.1, 0.15) is 28.4 Å². The number of aliphatic carboxylic acids is 5. The predicted molar refractivity (Wildman–Crippen MR) is 238 cm³/mol. The standard InChI is InChI=1S/C41H50N5O4S.3C2HF3O2/c1-45(2,29-39(47)48)24-12-21-42(22-13-25-46(3,4)30-40(49)50)37-26-33(27-38-43-23-11-17-32-16-10-20-36(51-38)41(32)43)34-18-8-9-19-35(34)44(37)28-31-14-6-5-7-15-31;3*3-2(4,5)1(6)7/h5-10,14-16,18-20,26-27H,11-13,17,21-25,28-30H2,1-4H3;3*(H,6,7)/q+1;;;/p-1. The van der Waals surface area contributed by atoms with Crippen LogP contribution in [0.25, 0.3) is 21.9 Å². The molecule has 2 aliphatic rings. The van der Waals surface area contributed by atoms with Gasteiger partial charge in [-0.2, -0.15) is 44.1 Å². The number of anilines is 1. The number of thiazole rings is 1. The van der Waals surface area contributed by atoms with E-state index in [-0.39, 0.29) is 13.1 Å². The summed E-state index contributed by atoms with van der Waals surface area (Å²) < 4.78 is 99.3. The number of hydrogen-bond donors (Lipinski definition) is 2. The number of rotatable bonds is 16. The van der Waals surface area contributed by atoms with Crippen molar-refractivity contribution in [2.24, 2.45) is 0 Å². The summed E-state index contributed by atoms with van der Waals surface area (Å²) in [6.45, 7) is 4.77. The first-order chi connectivity index (χ1) is 33.2. The molecule has 3 heterocycles. The van der Waals surface area contributed by atoms with Crippen LogP contribution in [-0.4, -0.2) is 140 Å². The Balaban J connectivity index is 0.000000545. The number of carbonyl (C=O) groups excluding carboxylic acids is 3. The second-order valence-electron chi connectivity index (χ2n) is 17.6. The second kappa shape index (κ2) is 25.1. The van der Waals surface area contributed by atoms with Crippen LogP contribution in [-0.2, 0) is 43.5 Å². The van der Waals surface area contributed by atoms with Crippen molar-refractivity contribution in [3.8, 4) is 0 Å². The van der Waals surface area contributed by atoms with Crippen molar-refractivity contribution in [3.05, 3.63) is 106 Å². The number of nitrogens with zero attached hydrogens (tertiary/aromatic N) is 5. The van der Waals surface area contributed by atoms with Crippen molar-refractivity contribution in [2.45, 2.75) is 57.3 Å². The first kappa shape index (κ1) is 59.6. The van der Waals surface area contributed by atoms with Crippen LogP contribution in [0.2, 0.25) is 0 Å². The van der Waals surface area contributed by atoms with E-state index in [2.05, 4.69) is 93.2 Å². The summed E-state index contributed by atoms with van der Waals surface area (Å²) in [5, 5.41) is 46.7. The van der Waals surface area contributed by atoms with Gasteiger partial charge in [-0.3, -0.25) is 0 Å². The first-order valence-corrected chi connectivity index (χ1v) is 22.5. The number of benzene rings is 3. The van der Waals surface area contributed by atoms with Gasteiger partial charge in [-0.05, 0) is 35.8 Å². The molecule has 394 valence electrons. The lowest BCUT2D eigenvalue weighted by atomic mass is 9.97. The molecule has 0 fully saturated rings. The highest BCUT2D eigenvalue weighted by atomic mass is 32.1. The highest BCUT2D eigenvalue weighted by Crippen LogP contribution is 2.40. The second-order valence-corrected chi connectivity index (χ2v) is 18.7. The number of carboxylic acid groups (broad SMARTS) is 5. The number of allylic oxidation sites excluding steroid dienone is 2. The zero-order valence-corrected chi connectivity index (χ0v) is 40.1. The maximum atomic E-state index is 11.6. The molecule has 6 rings (SSSR count). The molecule has 0 radical (unpaired) electrons. The summed E-state index contributed by atoms with van der Waals surface area (Å²) in [6.07, 6.45) is -7.00. The Morgan fingerprint density at radius 1 is 0.708 bits per heavy atom. The van der Waals surface area contributed by atoms with E-state index in [4.69, 9.17) is 29.7 Å². The number of aromatic nitrogens is 1. The lowest BCUT2D eigenvalue weighted by Gasteiger charge is -2.41. The van der Waals surface area contributed by atoms with Crippen molar-refractivity contribution < 1.29 is 103 Å². The van der Waals surface area contributed by atoms with Gasteiger partial charge >= 0.3 is 30.5 Å². The fraction of sp³-hybridized carbons (Fsp3) is 0.404. The van der Waals surface area contributed by atoms with Crippen molar-refractivity contribution in [3.63, 3.8) is 0 Å². The molecule has 25 heteroatoms. The molecule has 2 N–H and O–H groups in total. The number of likely N-dealkylation sites (N-methyl/N-ethyl adjacent to an activating group) is 2. The molecule has 0 aliphatic carbocycles. The third-order valence-electron chi connectivity index (χ3n) is 10.7. The van der Waals surface area contributed by atoms with Crippen LogP contribution in [0.1, 0.15) is 41.0 Å². The summed E-state index contributed by atoms with van der Waals surface area (Å²) >= 11 is 1.86. The van der Waals surface area contributed by atoms with Gasteiger partial charge in [0, 0.05) is 56.1 Å². The summed E-state index contributed by atoms with van der Waals surface area (Å²) in [5.74, 6) is -9.50. The van der Waals surface area contributed by atoms with E-state index < -0.39 is 48.4 Å². The molecular weight excluding hydrogens is 998 g/mol. The van der Waals surface area contributed by atoms with Gasteiger partial charge in [0.2, 0.25) is 5.52 Å². The van der Waals surface area contributed by atoms with E-state index in [0.29, 0.717) is 15.5 Å². The van der Waals surface area contributed by atoms with E-state index in [9.17, 15) is 59.3 Å². The highest BCUT2D eigenvalue weighted by molar-refractivity contribution is 7.19. The van der Waals surface area contributed by atoms with Crippen molar-refractivity contribution in [1.29, 1.82) is 0 Å². The molecular formula is C47H52F9N5O10S. The molecule has 15 nitrogen and oxygen atoms in total. The van der Waals surface area contributed by atoms with Crippen LogP contribution in [0.15, 0.2) is 84.7 Å². The third-order valence-corrected chi connectivity index (χ3v) is 11.8. The Labute approximate surface area is 411 Å². The molecule has 1 aromatic heterocycles. The molecule has 3 aromatic carbocycles. The summed E-state index contributed by atoms with van der Waals surface area (Å²) in [7, 11) is 7.90. The van der Waals surface area contributed by atoms with Crippen molar-refractivity contribution in [1.82, 2.24) is 4.90 Å². The van der Waals surface area contributed by atoms with Crippen LogP contribution >= 0.6 is 11.3 Å². The fourth-order valence-electron chi connectivity index (χ4n) is 7.62. The van der Waals surface area contributed by atoms with Gasteiger partial charge in [0.25, 0.3) is 5.01 Å². The maximum absolute atomic E-state index is 11.6. The minimum absolute atomic E-state index is 0.0703. The summed E-state index contributed by atoms with van der Waals surface area (Å²) in [4.78, 5) is 54.5. The van der Waals surface area contributed by atoms with Gasteiger partial charge in [0.15, 0.2) is 19.6 Å². The van der Waals surface area contributed by atoms with E-state index in [1.54, 1.807) is 0 Å². The third kappa shape index (κ3) is 18.8. The number of hydrogen-bond acceptors (Lipinski definition) is 11. The Morgan fingerprint density at radius 2 is 1.18 bits per heavy atom. The zero-order chi connectivity index (χ0) is 54.4. The molecule has 0 unspecified atom stereocenters. The number of halogens is 9. The molecule has 2 aliphatic heterocycles. The van der Waals surface area contributed by atoms with Crippen LogP contribution in [0.5, 0.6) is 0 Å². The maximum Gasteiger partial charge on any atom is 0.430 e. The molecule has 0 saturated heterocycles. The Kier molecular flexibility index (Phi) is 20.8. The normalized spacial score (nSPS) is 14.0. The zero-order valence-electron chi connectivity index (χ0n) is 39.3. The number of carbonyl (C=O) groups is 5. The monoisotopic (exact) mass is 1050 g/mol. The van der Waals surface area contributed by atoms with Gasteiger partial charge in [-0.25, -0.2) is 9.59 Å². The van der Waals surface area contributed by atoms with Crippen LogP contribution < -0.4 is 24.8 Å². The summed E-state index contributed by atoms with van der Waals surface area (Å²) in [5.41, 5.74) is 7.51. The topological polar surface area (TPSA) is 205 Å². The lowest BCUT2D eigenvalue weighted by molar-refractivity contribution is -0.883. The Bertz CT molecular complexity index is 2510. The lowest BCUT2D eigenvalue weighted by Crippen LogP contribution is -2.47. The quantitative estimate of drug-likeness (QED) is 0.0934. The van der Waals surface area contributed by atoms with Crippen LogP contribution in [0, 0.1) is 0 Å². The molecule has 4 aromatic rings. The predicted octanol–water partition coefficient (Wildman–Crippen LogP) is 3.84. The number of alkyl halides is 9. The van der Waals surface area contributed by atoms with E-state index in [1.807, 2.05) is 45.6 Å². The Hall–Kier alpha value is -6.73. The molecule has 0 saturated carbocycles. The van der Waals surface area contributed by atoms with Crippen LogP contribution in [0.4, 0.5) is 45.2 Å². The fourth-order valence-corrected chi connectivity index (χ4v) is 8.81. The van der Waals surface area contributed by atoms with Crippen molar-refractivity contribution >= 4 is 68.7 Å². The van der Waals surface area contributed by atoms with Gasteiger partial charge in [-0.1, -0.05) is 72.0 Å². The number of carboxylic acids is 5. The molecule has 0 spiro atoms. The number of para-hydroxylation sites is 2. The molecule has 0 bridgehead atoms. The minimum atomic E-state index is -5.19. The minimum Gasteiger partial charge on any atom is -0.542 e. The summed E-state index contributed by atoms with van der Waals surface area (Å²) in [6, 6.07) is 25.9. The number of aryl methyl sites for hydroxylation is 2. The van der Waals surface area contributed by atoms with E-state index >= 15 is 0 Å². The smallest absolute Gasteiger partial charge is 0.430 e. The SMILES string of the molecule is C[N+](C)(CCCN(CCC[N+](C)(C)CC(=O)O)C1=C/C(=C\c2sc3cccc4c3[n+]2CCC4)c2ccccc2N1Cc1ccccc1)CC(=O)O.O=C([O-])C(F)(F)F.O=C([O-])C(F)(F)F.O=C([O-])C(F)(F)F. The van der Waals surface area contributed by atoms with Gasteiger partial charge in [-0.15, -0.1) is 0 Å². The average Bonchev–Trinajstić information content (AvgIpc) is 3.61. The van der Waals surface area contributed by atoms with Crippen molar-refractivity contribution in [2.75, 3.05) is 72.4 Å². The van der Waals surface area contributed by atoms with E-state index in [0.717, 1.165) is 69.9 Å². The molecule has 0 atom stereocenters. The largest absolute Gasteiger partial charge is 0.542 e. The van der Waals surface area contributed by atoms with Gasteiger partial charge < -0.3 is 58.7 Å².